The summed E-state index contributed by atoms with van der Waals surface area (Å²) in [5, 5.41) is 3.38. The molecule has 2 saturated heterocycles. The molecule has 0 saturated carbocycles. The van der Waals surface area contributed by atoms with E-state index in [4.69, 9.17) is 4.74 Å². The van der Waals surface area contributed by atoms with Gasteiger partial charge in [0.2, 0.25) is 5.91 Å². The van der Waals surface area contributed by atoms with Crippen molar-refractivity contribution in [3.63, 3.8) is 0 Å². The molecule has 0 aromatic carbocycles. The van der Waals surface area contributed by atoms with Crippen LogP contribution in [0.5, 0.6) is 0 Å². The standard InChI is InChI=1S/C13H24N2O2/c1-12(2,3)9-15-10-13(17-7-11(15)16)5-4-6-14-8-13/h14H,4-10H2,1-3H3. The van der Waals surface area contributed by atoms with Gasteiger partial charge < -0.3 is 15.0 Å². The van der Waals surface area contributed by atoms with Crippen molar-refractivity contribution in [2.24, 2.45) is 5.41 Å². The van der Waals surface area contributed by atoms with Crippen molar-refractivity contribution in [1.82, 2.24) is 10.2 Å². The van der Waals surface area contributed by atoms with Crippen LogP contribution in [0.2, 0.25) is 0 Å². The predicted octanol–water partition coefficient (Wildman–Crippen LogP) is 1.01. The van der Waals surface area contributed by atoms with Crippen LogP contribution in [-0.2, 0) is 9.53 Å². The van der Waals surface area contributed by atoms with Crippen molar-refractivity contribution in [2.45, 2.75) is 39.2 Å². The van der Waals surface area contributed by atoms with Crippen LogP contribution < -0.4 is 5.32 Å². The molecule has 2 aliphatic rings. The van der Waals surface area contributed by atoms with Crippen LogP contribution in [-0.4, -0.2) is 49.2 Å². The summed E-state index contributed by atoms with van der Waals surface area (Å²) in [5.41, 5.74) is 0.0215. The number of nitrogens with zero attached hydrogens (tertiary/aromatic N) is 1. The summed E-state index contributed by atoms with van der Waals surface area (Å²) < 4.78 is 5.81. The summed E-state index contributed by atoms with van der Waals surface area (Å²) >= 11 is 0. The highest BCUT2D eigenvalue weighted by molar-refractivity contribution is 5.78. The zero-order chi connectivity index (χ0) is 12.5. The molecule has 1 N–H and O–H groups in total. The number of amides is 1. The number of piperidine rings is 1. The molecule has 17 heavy (non-hydrogen) atoms. The van der Waals surface area contributed by atoms with E-state index in [-0.39, 0.29) is 23.5 Å². The Morgan fingerprint density at radius 2 is 2.24 bits per heavy atom. The van der Waals surface area contributed by atoms with Crippen LogP contribution >= 0.6 is 0 Å². The van der Waals surface area contributed by atoms with E-state index in [1.54, 1.807) is 0 Å². The fourth-order valence-electron chi connectivity index (χ4n) is 2.70. The third-order valence-electron chi connectivity index (χ3n) is 3.43. The minimum Gasteiger partial charge on any atom is -0.362 e. The molecule has 2 aliphatic heterocycles. The number of carbonyl (C=O) groups excluding carboxylic acids is 1. The number of ether oxygens (including phenoxy) is 1. The van der Waals surface area contributed by atoms with Crippen molar-refractivity contribution in [2.75, 3.05) is 32.8 Å². The maximum Gasteiger partial charge on any atom is 0.248 e. The summed E-state index contributed by atoms with van der Waals surface area (Å²) in [6, 6.07) is 0. The first kappa shape index (κ1) is 12.8. The Labute approximate surface area is 104 Å². The maximum atomic E-state index is 11.9. The van der Waals surface area contributed by atoms with Gasteiger partial charge in [-0.1, -0.05) is 20.8 Å². The Morgan fingerprint density at radius 3 is 2.82 bits per heavy atom. The maximum absolute atomic E-state index is 11.9. The smallest absolute Gasteiger partial charge is 0.248 e. The summed E-state index contributed by atoms with van der Waals surface area (Å²) in [7, 11) is 0. The summed E-state index contributed by atoms with van der Waals surface area (Å²) in [6.45, 7) is 10.3. The normalized spacial score (nSPS) is 31.0. The highest BCUT2D eigenvalue weighted by atomic mass is 16.5. The van der Waals surface area contributed by atoms with Crippen molar-refractivity contribution in [1.29, 1.82) is 0 Å². The van der Waals surface area contributed by atoms with Gasteiger partial charge in [0, 0.05) is 13.1 Å². The molecule has 0 radical (unpaired) electrons. The molecule has 0 aromatic heterocycles. The van der Waals surface area contributed by atoms with Crippen LogP contribution in [0.25, 0.3) is 0 Å². The zero-order valence-corrected chi connectivity index (χ0v) is 11.2. The minimum atomic E-state index is -0.128. The van der Waals surface area contributed by atoms with Crippen molar-refractivity contribution in [3.05, 3.63) is 0 Å². The molecular weight excluding hydrogens is 216 g/mol. The van der Waals surface area contributed by atoms with E-state index in [1.807, 2.05) is 4.90 Å². The molecule has 2 fully saturated rings. The van der Waals surface area contributed by atoms with E-state index >= 15 is 0 Å². The molecule has 1 amide bonds. The molecule has 1 atom stereocenters. The fourth-order valence-corrected chi connectivity index (χ4v) is 2.70. The molecule has 0 aliphatic carbocycles. The Bertz CT molecular complexity index is 290. The van der Waals surface area contributed by atoms with E-state index in [2.05, 4.69) is 26.1 Å². The van der Waals surface area contributed by atoms with Gasteiger partial charge in [0.1, 0.15) is 6.61 Å². The Hall–Kier alpha value is -0.610. The van der Waals surface area contributed by atoms with E-state index in [1.165, 1.54) is 0 Å². The molecule has 4 nitrogen and oxygen atoms in total. The van der Waals surface area contributed by atoms with Crippen LogP contribution in [0.4, 0.5) is 0 Å². The fraction of sp³-hybridized carbons (Fsp3) is 0.923. The number of hydrogen-bond donors (Lipinski definition) is 1. The SMILES string of the molecule is CC(C)(C)CN1CC2(CCCNC2)OCC1=O. The lowest BCUT2D eigenvalue weighted by Crippen LogP contribution is -2.61. The zero-order valence-electron chi connectivity index (χ0n) is 11.2. The highest BCUT2D eigenvalue weighted by Gasteiger charge is 2.41. The average Bonchev–Trinajstić information content (AvgIpc) is 2.23. The van der Waals surface area contributed by atoms with Gasteiger partial charge in [-0.3, -0.25) is 4.79 Å². The topological polar surface area (TPSA) is 41.6 Å². The van der Waals surface area contributed by atoms with Gasteiger partial charge in [-0.25, -0.2) is 0 Å². The number of morpholine rings is 1. The molecule has 0 aromatic rings. The highest BCUT2D eigenvalue weighted by Crippen LogP contribution is 2.28. The summed E-state index contributed by atoms with van der Waals surface area (Å²) in [4.78, 5) is 13.9. The summed E-state index contributed by atoms with van der Waals surface area (Å²) in [6.07, 6.45) is 2.20. The second-order valence-corrected chi connectivity index (χ2v) is 6.56. The second kappa shape index (κ2) is 4.58. The van der Waals surface area contributed by atoms with Gasteiger partial charge in [0.05, 0.1) is 12.1 Å². The van der Waals surface area contributed by atoms with Gasteiger partial charge in [-0.15, -0.1) is 0 Å². The number of hydrogen-bond acceptors (Lipinski definition) is 3. The van der Waals surface area contributed by atoms with E-state index < -0.39 is 0 Å². The molecular formula is C13H24N2O2. The molecule has 2 heterocycles. The number of rotatable bonds is 1. The van der Waals surface area contributed by atoms with E-state index in [0.717, 1.165) is 39.0 Å². The van der Waals surface area contributed by atoms with Crippen LogP contribution in [0.3, 0.4) is 0 Å². The van der Waals surface area contributed by atoms with E-state index in [9.17, 15) is 4.79 Å². The van der Waals surface area contributed by atoms with Gasteiger partial charge in [-0.2, -0.15) is 0 Å². The van der Waals surface area contributed by atoms with Crippen molar-refractivity contribution < 1.29 is 9.53 Å². The molecule has 98 valence electrons. The number of carbonyl (C=O) groups is 1. The molecule has 1 spiro atoms. The van der Waals surface area contributed by atoms with Gasteiger partial charge >= 0.3 is 0 Å². The number of nitrogens with one attached hydrogen (secondary N) is 1. The molecule has 2 rings (SSSR count). The largest absolute Gasteiger partial charge is 0.362 e. The molecule has 1 unspecified atom stereocenters. The quantitative estimate of drug-likeness (QED) is 0.744. The predicted molar refractivity (Wildman–Crippen MR) is 66.8 cm³/mol. The third-order valence-corrected chi connectivity index (χ3v) is 3.43. The Morgan fingerprint density at radius 1 is 1.47 bits per heavy atom. The van der Waals surface area contributed by atoms with Crippen molar-refractivity contribution >= 4 is 5.91 Å². The first-order chi connectivity index (χ1) is 7.90. The molecule has 0 bridgehead atoms. The van der Waals surface area contributed by atoms with Gasteiger partial charge in [0.25, 0.3) is 0 Å². The second-order valence-electron chi connectivity index (χ2n) is 6.56. The van der Waals surface area contributed by atoms with Crippen LogP contribution in [0, 0.1) is 5.41 Å². The monoisotopic (exact) mass is 240 g/mol. The average molecular weight is 240 g/mol. The lowest BCUT2D eigenvalue weighted by molar-refractivity contribution is -0.168. The third kappa shape index (κ3) is 3.19. The van der Waals surface area contributed by atoms with Gasteiger partial charge in [-0.05, 0) is 24.8 Å². The Balaban J connectivity index is 2.03. The Kier molecular flexibility index (Phi) is 3.46. The van der Waals surface area contributed by atoms with Crippen LogP contribution in [0.1, 0.15) is 33.6 Å². The first-order valence-electron chi connectivity index (χ1n) is 6.53. The minimum absolute atomic E-state index is 0.128. The summed E-state index contributed by atoms with van der Waals surface area (Å²) in [5.74, 6) is 0.135. The molecule has 4 heteroatoms. The van der Waals surface area contributed by atoms with Crippen LogP contribution in [0.15, 0.2) is 0 Å². The lowest BCUT2D eigenvalue weighted by atomic mass is 9.90. The van der Waals surface area contributed by atoms with E-state index in [0.29, 0.717) is 0 Å². The van der Waals surface area contributed by atoms with Crippen molar-refractivity contribution in [3.8, 4) is 0 Å². The lowest BCUT2D eigenvalue weighted by Gasteiger charge is -2.46. The van der Waals surface area contributed by atoms with Gasteiger partial charge in [0.15, 0.2) is 0 Å². The first-order valence-corrected chi connectivity index (χ1v) is 6.53.